The second-order valence-electron chi connectivity index (χ2n) is 6.32. The molecule has 114 valence electrons. The minimum atomic E-state index is -1.51. The lowest BCUT2D eigenvalue weighted by atomic mass is 9.89. The standard InChI is InChI=1S/C16H22N2OS2/c1-11(12-8-6-5-7-9-12)10-13-14(16(2,3)4)20-15(18-13)21(17)19/h5-9,11H,10,17H2,1-4H3. The Morgan fingerprint density at radius 1 is 1.29 bits per heavy atom. The molecule has 0 spiro atoms. The first-order chi connectivity index (χ1) is 9.79. The molecule has 2 unspecified atom stereocenters. The van der Waals surface area contributed by atoms with E-state index in [2.05, 4.69) is 56.9 Å². The van der Waals surface area contributed by atoms with Crippen molar-refractivity contribution in [2.75, 3.05) is 0 Å². The van der Waals surface area contributed by atoms with Crippen LogP contribution in [0.3, 0.4) is 0 Å². The fourth-order valence-corrected chi connectivity index (χ4v) is 3.99. The van der Waals surface area contributed by atoms with Gasteiger partial charge in [-0.15, -0.1) is 11.3 Å². The van der Waals surface area contributed by atoms with Crippen LogP contribution in [0.1, 0.15) is 49.7 Å². The summed E-state index contributed by atoms with van der Waals surface area (Å²) in [5.74, 6) is 0.369. The Bertz CT molecular complexity index is 629. The summed E-state index contributed by atoms with van der Waals surface area (Å²) in [5, 5.41) is 5.50. The second kappa shape index (κ2) is 6.38. The maximum atomic E-state index is 11.5. The van der Waals surface area contributed by atoms with E-state index in [1.165, 1.54) is 21.8 Å². The highest BCUT2D eigenvalue weighted by Crippen LogP contribution is 2.35. The van der Waals surface area contributed by atoms with Gasteiger partial charge in [-0.2, -0.15) is 0 Å². The molecule has 0 aliphatic heterocycles. The molecule has 2 aromatic rings. The molecule has 0 fully saturated rings. The van der Waals surface area contributed by atoms with Gasteiger partial charge >= 0.3 is 0 Å². The van der Waals surface area contributed by atoms with E-state index in [0.29, 0.717) is 10.3 Å². The quantitative estimate of drug-likeness (QED) is 0.931. The Hall–Kier alpha value is -1.04. The summed E-state index contributed by atoms with van der Waals surface area (Å²) in [6, 6.07) is 10.4. The summed E-state index contributed by atoms with van der Waals surface area (Å²) in [6.45, 7) is 8.65. The van der Waals surface area contributed by atoms with Gasteiger partial charge in [-0.05, 0) is 23.3 Å². The average molecular weight is 322 g/mol. The number of aromatic nitrogens is 1. The molecular formula is C16H22N2OS2. The van der Waals surface area contributed by atoms with Crippen LogP contribution in [-0.4, -0.2) is 9.19 Å². The van der Waals surface area contributed by atoms with E-state index in [0.717, 1.165) is 12.1 Å². The van der Waals surface area contributed by atoms with Crippen molar-refractivity contribution in [1.29, 1.82) is 0 Å². The molecule has 0 radical (unpaired) electrons. The molecule has 0 bridgehead atoms. The summed E-state index contributed by atoms with van der Waals surface area (Å²) in [7, 11) is -1.51. The zero-order valence-corrected chi connectivity index (χ0v) is 14.6. The minimum Gasteiger partial charge on any atom is -0.246 e. The second-order valence-corrected chi connectivity index (χ2v) is 8.56. The first kappa shape index (κ1) is 16.3. The average Bonchev–Trinajstić information content (AvgIpc) is 2.84. The van der Waals surface area contributed by atoms with E-state index in [4.69, 9.17) is 5.14 Å². The molecule has 2 rings (SSSR count). The Morgan fingerprint density at radius 2 is 1.90 bits per heavy atom. The predicted octanol–water partition coefficient (Wildman–Crippen LogP) is 3.77. The highest BCUT2D eigenvalue weighted by Gasteiger charge is 2.25. The lowest BCUT2D eigenvalue weighted by Crippen LogP contribution is -2.13. The summed E-state index contributed by atoms with van der Waals surface area (Å²) >= 11 is 1.48. The molecule has 21 heavy (non-hydrogen) atoms. The summed E-state index contributed by atoms with van der Waals surface area (Å²) < 4.78 is 12.1. The van der Waals surface area contributed by atoms with Gasteiger partial charge in [0, 0.05) is 4.88 Å². The molecule has 2 N–H and O–H groups in total. The van der Waals surface area contributed by atoms with Crippen molar-refractivity contribution in [2.24, 2.45) is 5.14 Å². The van der Waals surface area contributed by atoms with Gasteiger partial charge in [0.05, 0.1) is 5.69 Å². The largest absolute Gasteiger partial charge is 0.246 e. The third-order valence-electron chi connectivity index (χ3n) is 3.40. The van der Waals surface area contributed by atoms with Gasteiger partial charge in [0.1, 0.15) is 0 Å². The zero-order valence-electron chi connectivity index (χ0n) is 12.9. The first-order valence-corrected chi connectivity index (χ1v) is 9.03. The summed E-state index contributed by atoms with van der Waals surface area (Å²) in [6.07, 6.45) is 0.838. The Morgan fingerprint density at radius 3 is 2.43 bits per heavy atom. The van der Waals surface area contributed by atoms with Crippen LogP contribution in [0.4, 0.5) is 0 Å². The molecule has 0 aliphatic carbocycles. The van der Waals surface area contributed by atoms with Crippen molar-refractivity contribution >= 4 is 22.3 Å². The normalized spacial score (nSPS) is 14.9. The fraction of sp³-hybridized carbons (Fsp3) is 0.438. The van der Waals surface area contributed by atoms with Crippen molar-refractivity contribution in [3.8, 4) is 0 Å². The number of nitrogens with zero attached hydrogens (tertiary/aromatic N) is 1. The van der Waals surface area contributed by atoms with Crippen molar-refractivity contribution < 1.29 is 4.21 Å². The maximum Gasteiger partial charge on any atom is 0.196 e. The number of rotatable bonds is 4. The van der Waals surface area contributed by atoms with Crippen molar-refractivity contribution in [3.05, 3.63) is 46.5 Å². The lowest BCUT2D eigenvalue weighted by Gasteiger charge is -2.19. The summed E-state index contributed by atoms with van der Waals surface area (Å²) in [5.41, 5.74) is 2.31. The van der Waals surface area contributed by atoms with Gasteiger partial charge in [0.2, 0.25) is 0 Å². The van der Waals surface area contributed by atoms with Gasteiger partial charge in [-0.1, -0.05) is 58.0 Å². The van der Waals surface area contributed by atoms with Gasteiger partial charge in [0.15, 0.2) is 15.3 Å². The Balaban J connectivity index is 2.33. The topological polar surface area (TPSA) is 56.0 Å². The van der Waals surface area contributed by atoms with E-state index in [1.807, 2.05) is 6.07 Å². The summed E-state index contributed by atoms with van der Waals surface area (Å²) in [4.78, 5) is 5.71. The van der Waals surface area contributed by atoms with E-state index in [-0.39, 0.29) is 5.41 Å². The van der Waals surface area contributed by atoms with Crippen molar-refractivity contribution in [2.45, 2.75) is 49.8 Å². The van der Waals surface area contributed by atoms with Crippen LogP contribution in [0.15, 0.2) is 34.7 Å². The SMILES string of the molecule is CC(Cc1nc(S(N)=O)sc1C(C)(C)C)c1ccccc1. The highest BCUT2D eigenvalue weighted by molar-refractivity contribution is 7.84. The Kier molecular flexibility index (Phi) is 4.96. The monoisotopic (exact) mass is 322 g/mol. The van der Waals surface area contributed by atoms with Gasteiger partial charge in [-0.3, -0.25) is 0 Å². The molecule has 0 aliphatic rings. The van der Waals surface area contributed by atoms with Crippen LogP contribution < -0.4 is 5.14 Å². The number of benzene rings is 1. The number of thiazole rings is 1. The van der Waals surface area contributed by atoms with Crippen LogP contribution >= 0.6 is 11.3 Å². The van der Waals surface area contributed by atoms with E-state index >= 15 is 0 Å². The van der Waals surface area contributed by atoms with E-state index in [9.17, 15) is 4.21 Å². The van der Waals surface area contributed by atoms with Gasteiger partial charge in [-0.25, -0.2) is 14.3 Å². The maximum absolute atomic E-state index is 11.5. The molecule has 5 heteroatoms. The molecule has 1 aromatic carbocycles. The lowest BCUT2D eigenvalue weighted by molar-refractivity contribution is 0.587. The fourth-order valence-electron chi connectivity index (χ4n) is 2.33. The van der Waals surface area contributed by atoms with Gasteiger partial charge in [0.25, 0.3) is 0 Å². The van der Waals surface area contributed by atoms with Crippen LogP contribution in [0.5, 0.6) is 0 Å². The molecule has 1 heterocycles. The number of hydrogen-bond donors (Lipinski definition) is 1. The van der Waals surface area contributed by atoms with Crippen LogP contribution in [0, 0.1) is 0 Å². The Labute approximate surface area is 133 Å². The highest BCUT2D eigenvalue weighted by atomic mass is 32.2. The molecule has 1 aromatic heterocycles. The van der Waals surface area contributed by atoms with E-state index in [1.54, 1.807) is 0 Å². The van der Waals surface area contributed by atoms with Crippen LogP contribution in [-0.2, 0) is 22.8 Å². The zero-order chi connectivity index (χ0) is 15.6. The van der Waals surface area contributed by atoms with Crippen molar-refractivity contribution in [3.63, 3.8) is 0 Å². The smallest absolute Gasteiger partial charge is 0.196 e. The van der Waals surface area contributed by atoms with Gasteiger partial charge < -0.3 is 0 Å². The number of nitrogens with two attached hydrogens (primary N) is 1. The van der Waals surface area contributed by atoms with Crippen molar-refractivity contribution in [1.82, 2.24) is 4.98 Å². The third-order valence-corrected chi connectivity index (χ3v) is 5.90. The molecule has 0 saturated carbocycles. The van der Waals surface area contributed by atoms with Crippen LogP contribution in [0.2, 0.25) is 0 Å². The van der Waals surface area contributed by atoms with E-state index < -0.39 is 11.0 Å². The van der Waals surface area contributed by atoms with Crippen LogP contribution in [0.25, 0.3) is 0 Å². The predicted molar refractivity (Wildman–Crippen MR) is 90.0 cm³/mol. The molecular weight excluding hydrogens is 300 g/mol. The molecule has 0 saturated heterocycles. The minimum absolute atomic E-state index is 0.0129. The molecule has 0 amide bonds. The first-order valence-electron chi connectivity index (χ1n) is 7.00. The molecule has 2 atom stereocenters. The molecule has 3 nitrogen and oxygen atoms in total. The third kappa shape index (κ3) is 3.99. The number of hydrogen-bond acceptors (Lipinski definition) is 3.